The minimum atomic E-state index is 0.470. The van der Waals surface area contributed by atoms with E-state index < -0.39 is 0 Å². The van der Waals surface area contributed by atoms with Crippen LogP contribution in [0.2, 0.25) is 0 Å². The molecule has 2 heteroatoms. The van der Waals surface area contributed by atoms with Crippen LogP contribution >= 0.6 is 0 Å². The monoisotopic (exact) mass is 320 g/mol. The average molecular weight is 320 g/mol. The van der Waals surface area contributed by atoms with E-state index in [4.69, 9.17) is 8.83 Å². The van der Waals surface area contributed by atoms with Crippen LogP contribution in [-0.2, 0) is 0 Å². The maximum Gasteiger partial charge on any atom is 0.134 e. The van der Waals surface area contributed by atoms with Crippen molar-refractivity contribution in [3.05, 3.63) is 72.2 Å². The molecule has 0 atom stereocenters. The van der Waals surface area contributed by atoms with Gasteiger partial charge in [0.2, 0.25) is 0 Å². The second kappa shape index (κ2) is 6.96. The van der Waals surface area contributed by atoms with Crippen molar-refractivity contribution in [2.45, 2.75) is 39.5 Å². The summed E-state index contributed by atoms with van der Waals surface area (Å²) < 4.78 is 11.0. The summed E-state index contributed by atoms with van der Waals surface area (Å²) in [6.07, 6.45) is 1.86. The van der Waals surface area contributed by atoms with Crippen molar-refractivity contribution in [3.8, 4) is 0 Å². The lowest BCUT2D eigenvalue weighted by molar-refractivity contribution is 0.522. The lowest BCUT2D eigenvalue weighted by Gasteiger charge is -1.99. The van der Waals surface area contributed by atoms with Crippen molar-refractivity contribution >= 4 is 21.9 Å². The van der Waals surface area contributed by atoms with Gasteiger partial charge in [0.1, 0.15) is 16.9 Å². The second-order valence-electron chi connectivity index (χ2n) is 6.68. The van der Waals surface area contributed by atoms with E-state index in [1.54, 1.807) is 0 Å². The fraction of sp³-hybridized carbons (Fsp3) is 0.273. The van der Waals surface area contributed by atoms with Crippen molar-refractivity contribution in [2.75, 3.05) is 0 Å². The maximum absolute atomic E-state index is 5.63. The van der Waals surface area contributed by atoms with Gasteiger partial charge >= 0.3 is 0 Å². The molecule has 2 heterocycles. The number of benzene rings is 2. The number of fused-ring (bicyclic) bond motifs is 2. The van der Waals surface area contributed by atoms with Crippen molar-refractivity contribution in [1.29, 1.82) is 0 Å². The number of rotatable bonds is 2. The van der Waals surface area contributed by atoms with Gasteiger partial charge in [0, 0.05) is 22.3 Å². The van der Waals surface area contributed by atoms with Crippen LogP contribution in [0.5, 0.6) is 0 Å². The van der Waals surface area contributed by atoms with E-state index in [-0.39, 0.29) is 0 Å². The van der Waals surface area contributed by atoms with Gasteiger partial charge in [-0.1, -0.05) is 64.1 Å². The molecule has 0 N–H and O–H groups in total. The molecule has 2 aromatic carbocycles. The Hall–Kier alpha value is -2.48. The molecule has 24 heavy (non-hydrogen) atoms. The molecule has 2 aromatic heterocycles. The average Bonchev–Trinajstić information content (AvgIpc) is 3.19. The summed E-state index contributed by atoms with van der Waals surface area (Å²) in [4.78, 5) is 0. The number of furan rings is 2. The Labute approximate surface area is 143 Å². The molecule has 0 radical (unpaired) electrons. The fourth-order valence-corrected chi connectivity index (χ4v) is 2.73. The SMILES string of the molecule is CC(C)c1cc2ccccc2o1.CC(C)c1coc2ccccc12. The first-order valence-corrected chi connectivity index (χ1v) is 8.51. The Morgan fingerprint density at radius 1 is 0.750 bits per heavy atom. The van der Waals surface area contributed by atoms with Crippen molar-refractivity contribution in [3.63, 3.8) is 0 Å². The van der Waals surface area contributed by atoms with Gasteiger partial charge in [0.15, 0.2) is 0 Å². The van der Waals surface area contributed by atoms with E-state index in [9.17, 15) is 0 Å². The molecular formula is C22H24O2. The quantitative estimate of drug-likeness (QED) is 0.393. The summed E-state index contributed by atoms with van der Waals surface area (Å²) in [7, 11) is 0. The van der Waals surface area contributed by atoms with Gasteiger partial charge in [-0.2, -0.15) is 0 Å². The molecule has 0 saturated heterocycles. The maximum atomic E-state index is 5.63. The first-order valence-electron chi connectivity index (χ1n) is 8.51. The first kappa shape index (κ1) is 16.4. The lowest BCUT2D eigenvalue weighted by atomic mass is 10.0. The van der Waals surface area contributed by atoms with Crippen LogP contribution in [0.25, 0.3) is 21.9 Å². The van der Waals surface area contributed by atoms with Gasteiger partial charge in [0.05, 0.1) is 6.26 Å². The molecule has 124 valence electrons. The zero-order valence-corrected chi connectivity index (χ0v) is 14.7. The van der Waals surface area contributed by atoms with E-state index >= 15 is 0 Å². The summed E-state index contributed by atoms with van der Waals surface area (Å²) in [6, 6.07) is 18.4. The van der Waals surface area contributed by atoms with E-state index in [0.717, 1.165) is 16.9 Å². The summed E-state index contributed by atoms with van der Waals surface area (Å²) in [5, 5.41) is 2.44. The normalized spacial score (nSPS) is 11.2. The molecule has 4 aromatic rings. The Balaban J connectivity index is 0.000000141. The number of hydrogen-bond acceptors (Lipinski definition) is 2. The van der Waals surface area contributed by atoms with E-state index in [1.165, 1.54) is 16.3 Å². The molecule has 0 bridgehead atoms. The van der Waals surface area contributed by atoms with Gasteiger partial charge in [0.25, 0.3) is 0 Å². The van der Waals surface area contributed by atoms with Crippen molar-refractivity contribution in [2.24, 2.45) is 0 Å². The van der Waals surface area contributed by atoms with Gasteiger partial charge in [-0.05, 0) is 24.1 Å². The molecule has 0 spiro atoms. The zero-order chi connectivity index (χ0) is 17.1. The minimum absolute atomic E-state index is 0.470. The summed E-state index contributed by atoms with van der Waals surface area (Å²) in [6.45, 7) is 8.63. The topological polar surface area (TPSA) is 26.3 Å². The lowest BCUT2D eigenvalue weighted by Crippen LogP contribution is -1.82. The molecular weight excluding hydrogens is 296 g/mol. The molecule has 0 amide bonds. The Morgan fingerprint density at radius 2 is 1.42 bits per heavy atom. The van der Waals surface area contributed by atoms with Crippen molar-refractivity contribution in [1.82, 2.24) is 0 Å². The van der Waals surface area contributed by atoms with Crippen LogP contribution in [0.15, 0.2) is 69.7 Å². The van der Waals surface area contributed by atoms with Crippen LogP contribution in [-0.4, -0.2) is 0 Å². The zero-order valence-electron chi connectivity index (χ0n) is 14.7. The number of hydrogen-bond donors (Lipinski definition) is 0. The Bertz CT molecular complexity index is 884. The van der Waals surface area contributed by atoms with Crippen LogP contribution < -0.4 is 0 Å². The highest BCUT2D eigenvalue weighted by molar-refractivity contribution is 5.81. The van der Waals surface area contributed by atoms with Crippen LogP contribution in [0.3, 0.4) is 0 Å². The third kappa shape index (κ3) is 3.38. The smallest absolute Gasteiger partial charge is 0.134 e. The summed E-state index contributed by atoms with van der Waals surface area (Å²) in [5.74, 6) is 2.07. The first-order chi connectivity index (χ1) is 11.6. The Morgan fingerprint density at radius 3 is 2.08 bits per heavy atom. The second-order valence-corrected chi connectivity index (χ2v) is 6.68. The highest BCUT2D eigenvalue weighted by atomic mass is 16.3. The summed E-state index contributed by atoms with van der Waals surface area (Å²) in [5.41, 5.74) is 3.27. The number of para-hydroxylation sites is 2. The van der Waals surface area contributed by atoms with E-state index in [0.29, 0.717) is 11.8 Å². The van der Waals surface area contributed by atoms with Crippen LogP contribution in [0, 0.1) is 0 Å². The molecule has 0 aliphatic heterocycles. The van der Waals surface area contributed by atoms with Gasteiger partial charge in [-0.25, -0.2) is 0 Å². The highest BCUT2D eigenvalue weighted by Gasteiger charge is 2.07. The molecule has 0 unspecified atom stereocenters. The van der Waals surface area contributed by atoms with Crippen molar-refractivity contribution < 1.29 is 8.83 Å². The Kier molecular flexibility index (Phi) is 4.75. The third-order valence-electron chi connectivity index (χ3n) is 4.15. The highest BCUT2D eigenvalue weighted by Crippen LogP contribution is 2.26. The predicted octanol–water partition coefficient (Wildman–Crippen LogP) is 7.11. The molecule has 0 saturated carbocycles. The minimum Gasteiger partial charge on any atom is -0.464 e. The predicted molar refractivity (Wildman–Crippen MR) is 101 cm³/mol. The fourth-order valence-electron chi connectivity index (χ4n) is 2.73. The van der Waals surface area contributed by atoms with Gasteiger partial charge < -0.3 is 8.83 Å². The molecule has 0 aliphatic carbocycles. The standard InChI is InChI=1S/2C11H12O/c1-8(2)10-7-12-11-6-4-3-5-9(10)11;1-8(2)11-7-9-5-3-4-6-10(9)12-11/h2*3-8H,1-2H3. The van der Waals surface area contributed by atoms with E-state index in [2.05, 4.69) is 45.9 Å². The molecule has 2 nitrogen and oxygen atoms in total. The van der Waals surface area contributed by atoms with Gasteiger partial charge in [-0.3, -0.25) is 0 Å². The van der Waals surface area contributed by atoms with E-state index in [1.807, 2.05) is 42.7 Å². The molecule has 0 aliphatic rings. The van der Waals surface area contributed by atoms with Crippen LogP contribution in [0.1, 0.15) is 50.9 Å². The largest absolute Gasteiger partial charge is 0.464 e. The third-order valence-corrected chi connectivity index (χ3v) is 4.15. The molecule has 0 fully saturated rings. The summed E-state index contributed by atoms with van der Waals surface area (Å²) >= 11 is 0. The molecule has 4 rings (SSSR count). The van der Waals surface area contributed by atoms with Crippen LogP contribution in [0.4, 0.5) is 0 Å². The van der Waals surface area contributed by atoms with Gasteiger partial charge in [-0.15, -0.1) is 0 Å².